The number of nitrogens with one attached hydrogen (secondary N) is 1. The molecule has 42 heavy (non-hydrogen) atoms. The van der Waals surface area contributed by atoms with Crippen LogP contribution in [-0.4, -0.2) is 61.2 Å². The highest BCUT2D eigenvalue weighted by atomic mass is 32.2. The molecule has 0 saturated heterocycles. The molecule has 3 aromatic rings. The van der Waals surface area contributed by atoms with Gasteiger partial charge in [0.1, 0.15) is 12.4 Å². The molecule has 0 radical (unpaired) electrons. The zero-order valence-electron chi connectivity index (χ0n) is 24.9. The molecule has 2 aliphatic rings. The van der Waals surface area contributed by atoms with Crippen molar-refractivity contribution in [3.8, 4) is 17.0 Å². The Morgan fingerprint density at radius 2 is 1.88 bits per heavy atom. The third kappa shape index (κ3) is 6.67. The molecule has 0 spiro atoms. The Hall–Kier alpha value is -2.92. The lowest BCUT2D eigenvalue weighted by molar-refractivity contribution is 0.0697. The molecule has 2 heterocycles. The minimum Gasteiger partial charge on any atom is -0.491 e. The molecule has 1 aliphatic heterocycles. The molecule has 228 valence electrons. The van der Waals surface area contributed by atoms with Crippen LogP contribution >= 0.6 is 0 Å². The summed E-state index contributed by atoms with van der Waals surface area (Å²) in [5, 5.41) is 19.9. The van der Waals surface area contributed by atoms with Gasteiger partial charge in [0.15, 0.2) is 0 Å². The zero-order chi connectivity index (χ0) is 30.1. The first kappa shape index (κ1) is 30.5. The van der Waals surface area contributed by atoms with Gasteiger partial charge in [-0.3, -0.25) is 0 Å². The van der Waals surface area contributed by atoms with Crippen molar-refractivity contribution in [1.29, 1.82) is 0 Å². The minimum absolute atomic E-state index is 0.0108. The smallest absolute Gasteiger partial charge is 0.335 e. The average Bonchev–Trinajstić information content (AvgIpc) is 3.26. The molecule has 10 heteroatoms. The van der Waals surface area contributed by atoms with Gasteiger partial charge in [0.25, 0.3) is 10.2 Å². The van der Waals surface area contributed by atoms with Gasteiger partial charge in [0.05, 0.1) is 17.3 Å². The van der Waals surface area contributed by atoms with Crippen molar-refractivity contribution < 1.29 is 23.1 Å². The van der Waals surface area contributed by atoms with Crippen LogP contribution in [-0.2, 0) is 16.8 Å². The predicted octanol–water partition coefficient (Wildman–Crippen LogP) is 5.35. The number of carboxylic acids is 1. The molecule has 4 N–H and O–H groups in total. The second-order valence-corrected chi connectivity index (χ2v) is 14.4. The quantitative estimate of drug-likeness (QED) is 0.290. The first-order valence-corrected chi connectivity index (χ1v) is 16.5. The number of aromatic carboxylic acids is 1. The number of hydrogen-bond acceptors (Lipinski definition) is 5. The number of carbonyl (C=O) groups is 1. The molecule has 1 atom stereocenters. The summed E-state index contributed by atoms with van der Waals surface area (Å²) in [4.78, 5) is 12.0. The lowest BCUT2D eigenvalue weighted by atomic mass is 9.81. The third-order valence-corrected chi connectivity index (χ3v) is 10.2. The van der Waals surface area contributed by atoms with Gasteiger partial charge in [-0.05, 0) is 73.4 Å². The van der Waals surface area contributed by atoms with Gasteiger partial charge in [-0.25, -0.2) is 9.93 Å². The van der Waals surface area contributed by atoms with Gasteiger partial charge in [-0.15, -0.1) is 0 Å². The van der Waals surface area contributed by atoms with Crippen molar-refractivity contribution >= 4 is 27.1 Å². The molecule has 0 unspecified atom stereocenters. The fourth-order valence-corrected chi connectivity index (χ4v) is 6.84. The van der Waals surface area contributed by atoms with Gasteiger partial charge in [0, 0.05) is 36.6 Å². The fourth-order valence-electron chi connectivity index (χ4n) is 6.50. The molecule has 0 bridgehead atoms. The Bertz CT molecular complexity index is 1540. The fraction of sp³-hybridized carbons (Fsp3) is 0.531. The molecule has 1 fully saturated rings. The minimum atomic E-state index is -3.69. The summed E-state index contributed by atoms with van der Waals surface area (Å²) < 4.78 is 33.2. The number of carboxylic acid groups (broad SMARTS) is 1. The van der Waals surface area contributed by atoms with Crippen LogP contribution in [0, 0.1) is 5.41 Å². The lowest BCUT2D eigenvalue weighted by Crippen LogP contribution is -2.41. The summed E-state index contributed by atoms with van der Waals surface area (Å²) in [6.07, 6.45) is 7.46. The summed E-state index contributed by atoms with van der Waals surface area (Å²) in [5.41, 5.74) is 4.67. The first-order chi connectivity index (χ1) is 19.9. The topological polar surface area (TPSA) is 127 Å². The molecular formula is C32H44N4O5S. The van der Waals surface area contributed by atoms with Crippen molar-refractivity contribution in [2.24, 2.45) is 10.6 Å². The number of fused-ring (bicyclic) bond motifs is 5. The van der Waals surface area contributed by atoms with Crippen LogP contribution in [0.1, 0.15) is 80.6 Å². The zero-order valence-corrected chi connectivity index (χ0v) is 25.8. The van der Waals surface area contributed by atoms with Gasteiger partial charge in [-0.2, -0.15) is 12.7 Å². The molecule has 0 amide bonds. The molecule has 5 rings (SSSR count). The predicted molar refractivity (Wildman–Crippen MR) is 166 cm³/mol. The van der Waals surface area contributed by atoms with Crippen LogP contribution in [0.2, 0.25) is 0 Å². The van der Waals surface area contributed by atoms with E-state index in [2.05, 4.69) is 29.8 Å². The first-order valence-electron chi connectivity index (χ1n) is 15.0. The summed E-state index contributed by atoms with van der Waals surface area (Å²) in [6.45, 7) is 6.48. The Labute approximate surface area is 249 Å². The number of rotatable bonds is 10. The van der Waals surface area contributed by atoms with E-state index in [0.717, 1.165) is 53.7 Å². The second kappa shape index (κ2) is 12.4. The van der Waals surface area contributed by atoms with Gasteiger partial charge < -0.3 is 19.7 Å². The normalized spacial score (nSPS) is 18.3. The van der Waals surface area contributed by atoms with Crippen molar-refractivity contribution in [3.63, 3.8) is 0 Å². The number of benzene rings is 2. The summed E-state index contributed by atoms with van der Waals surface area (Å²) >= 11 is 0. The van der Waals surface area contributed by atoms with Crippen molar-refractivity contribution in [2.75, 3.05) is 26.7 Å². The average molecular weight is 597 g/mol. The van der Waals surface area contributed by atoms with E-state index >= 15 is 0 Å². The van der Waals surface area contributed by atoms with E-state index in [1.54, 1.807) is 6.07 Å². The van der Waals surface area contributed by atoms with Crippen LogP contribution in [0.5, 0.6) is 5.75 Å². The van der Waals surface area contributed by atoms with Crippen LogP contribution in [0.25, 0.3) is 22.2 Å². The Kier molecular flexibility index (Phi) is 8.99. The van der Waals surface area contributed by atoms with Crippen LogP contribution in [0.15, 0.2) is 42.5 Å². The number of nitrogens with two attached hydrogens (primary N) is 1. The molecule has 1 aromatic heterocycles. The summed E-state index contributed by atoms with van der Waals surface area (Å²) in [6, 6.07) is 13.8. The van der Waals surface area contributed by atoms with E-state index in [1.165, 1.54) is 36.2 Å². The highest BCUT2D eigenvalue weighted by molar-refractivity contribution is 7.86. The molecular weight excluding hydrogens is 552 g/mol. The van der Waals surface area contributed by atoms with Crippen LogP contribution < -0.4 is 15.2 Å². The van der Waals surface area contributed by atoms with E-state index in [9.17, 15) is 18.3 Å². The number of para-hydroxylation sites is 1. The largest absolute Gasteiger partial charge is 0.491 e. The number of aromatic nitrogens is 1. The SMILES string of the molecule is CN(CCC(C)(C)CCN[C@H]1COc2ccccc2-c2c(C3CCCCC3)c3ccc(C(=O)O)cc3n2C1)S(N)(=O)=O. The van der Waals surface area contributed by atoms with Crippen molar-refractivity contribution in [1.82, 2.24) is 14.2 Å². The molecule has 1 aliphatic carbocycles. The molecule has 2 aromatic carbocycles. The maximum absolute atomic E-state index is 12.0. The van der Waals surface area contributed by atoms with E-state index < -0.39 is 16.2 Å². The summed E-state index contributed by atoms with van der Waals surface area (Å²) in [7, 11) is -2.19. The van der Waals surface area contributed by atoms with E-state index in [-0.39, 0.29) is 11.5 Å². The van der Waals surface area contributed by atoms with E-state index in [1.807, 2.05) is 30.3 Å². The van der Waals surface area contributed by atoms with E-state index in [0.29, 0.717) is 37.6 Å². The van der Waals surface area contributed by atoms with E-state index in [4.69, 9.17) is 9.88 Å². The summed E-state index contributed by atoms with van der Waals surface area (Å²) in [5.74, 6) is 0.338. The standard InChI is InChI=1S/C32H44N4O5S/c1-32(2,16-18-35(3)42(33,39)40)15-17-34-24-20-36-27-19-23(31(37)38)13-14-25(27)29(22-9-5-4-6-10-22)30(36)26-11-7-8-12-28(26)41-21-24/h7-8,11-14,19,22,24,34H,4-6,9-10,15-18,20-21H2,1-3H3,(H,37,38)(H2,33,39,40)/t24-/m1/s1. The lowest BCUT2D eigenvalue weighted by Gasteiger charge is -2.30. The Balaban J connectivity index is 1.47. The van der Waals surface area contributed by atoms with Gasteiger partial charge in [-0.1, -0.05) is 51.3 Å². The Morgan fingerprint density at radius 3 is 2.60 bits per heavy atom. The maximum atomic E-state index is 12.0. The van der Waals surface area contributed by atoms with Crippen molar-refractivity contribution in [2.45, 2.75) is 77.3 Å². The number of ether oxygens (including phenoxy) is 1. The molecule has 1 saturated carbocycles. The van der Waals surface area contributed by atoms with Crippen molar-refractivity contribution in [3.05, 3.63) is 53.6 Å². The highest BCUT2D eigenvalue weighted by Gasteiger charge is 2.31. The monoisotopic (exact) mass is 596 g/mol. The Morgan fingerprint density at radius 1 is 1.14 bits per heavy atom. The number of hydrogen-bond donors (Lipinski definition) is 3. The number of nitrogens with zero attached hydrogens (tertiary/aromatic N) is 2. The molecule has 9 nitrogen and oxygen atoms in total. The highest BCUT2D eigenvalue weighted by Crippen LogP contribution is 2.47. The van der Waals surface area contributed by atoms with Crippen LogP contribution in [0.4, 0.5) is 0 Å². The van der Waals surface area contributed by atoms with Gasteiger partial charge in [0.2, 0.25) is 0 Å². The van der Waals surface area contributed by atoms with Crippen LogP contribution in [0.3, 0.4) is 0 Å². The van der Waals surface area contributed by atoms with Gasteiger partial charge >= 0.3 is 5.97 Å². The second-order valence-electron chi connectivity index (χ2n) is 12.7. The third-order valence-electron chi connectivity index (χ3n) is 9.12. The maximum Gasteiger partial charge on any atom is 0.335 e.